The average Bonchev–Trinajstić information content (AvgIpc) is 2.58. The Kier molecular flexibility index (Phi) is 5.08. The second-order valence-corrected chi connectivity index (χ2v) is 6.86. The highest BCUT2D eigenvalue weighted by Crippen LogP contribution is 2.32. The summed E-state index contributed by atoms with van der Waals surface area (Å²) in [6, 6.07) is 2.25. The van der Waals surface area contributed by atoms with E-state index in [9.17, 15) is 0 Å². The highest BCUT2D eigenvalue weighted by atomic mass is 15.2. The molecule has 106 valence electrons. The van der Waals surface area contributed by atoms with Crippen LogP contribution in [0, 0.1) is 11.8 Å². The van der Waals surface area contributed by atoms with E-state index in [2.05, 4.69) is 38.0 Å². The Morgan fingerprint density at radius 1 is 1.00 bits per heavy atom. The summed E-state index contributed by atoms with van der Waals surface area (Å²) >= 11 is 0. The smallest absolute Gasteiger partial charge is 0.0252 e. The van der Waals surface area contributed by atoms with Gasteiger partial charge in [0.1, 0.15) is 0 Å². The van der Waals surface area contributed by atoms with Crippen LogP contribution in [0.15, 0.2) is 0 Å². The van der Waals surface area contributed by atoms with Gasteiger partial charge >= 0.3 is 0 Å². The molecule has 0 amide bonds. The standard InChI is InChI=1S/C16H32N2/c1-12-10-13(2)14(3)18(11-12)16-9-7-5-6-8-15(16)17-4/h12-17H,5-11H2,1-4H3. The summed E-state index contributed by atoms with van der Waals surface area (Å²) in [5, 5.41) is 3.60. The van der Waals surface area contributed by atoms with E-state index in [-0.39, 0.29) is 0 Å². The fourth-order valence-corrected chi connectivity index (χ4v) is 4.22. The van der Waals surface area contributed by atoms with E-state index in [1.54, 1.807) is 0 Å². The number of piperidine rings is 1. The van der Waals surface area contributed by atoms with Crippen LogP contribution in [0.2, 0.25) is 0 Å². The molecule has 0 aromatic heterocycles. The second kappa shape index (κ2) is 6.38. The molecule has 1 aliphatic carbocycles. The van der Waals surface area contributed by atoms with Crippen molar-refractivity contribution in [1.29, 1.82) is 0 Å². The average molecular weight is 252 g/mol. The minimum absolute atomic E-state index is 0.715. The van der Waals surface area contributed by atoms with E-state index in [0.717, 1.165) is 23.9 Å². The lowest BCUT2D eigenvalue weighted by molar-refractivity contribution is 0.0231. The molecule has 5 unspecified atom stereocenters. The molecule has 2 rings (SSSR count). The zero-order valence-corrected chi connectivity index (χ0v) is 12.8. The lowest BCUT2D eigenvalue weighted by Crippen LogP contribution is -2.56. The van der Waals surface area contributed by atoms with E-state index in [0.29, 0.717) is 6.04 Å². The van der Waals surface area contributed by atoms with Crippen molar-refractivity contribution in [2.24, 2.45) is 11.8 Å². The zero-order chi connectivity index (χ0) is 13.1. The van der Waals surface area contributed by atoms with Crippen LogP contribution in [-0.4, -0.2) is 36.6 Å². The van der Waals surface area contributed by atoms with Gasteiger partial charge in [0.05, 0.1) is 0 Å². The number of nitrogens with zero attached hydrogens (tertiary/aromatic N) is 1. The van der Waals surface area contributed by atoms with Gasteiger partial charge in [-0.05, 0) is 45.1 Å². The molecule has 1 N–H and O–H groups in total. The Labute approximate surface area is 114 Å². The van der Waals surface area contributed by atoms with Crippen molar-refractivity contribution in [2.45, 2.75) is 77.4 Å². The molecular formula is C16H32N2. The van der Waals surface area contributed by atoms with Gasteiger partial charge in [-0.2, -0.15) is 0 Å². The van der Waals surface area contributed by atoms with Gasteiger partial charge in [0.2, 0.25) is 0 Å². The summed E-state index contributed by atoms with van der Waals surface area (Å²) in [4.78, 5) is 2.84. The van der Waals surface area contributed by atoms with Gasteiger partial charge in [0, 0.05) is 24.7 Å². The summed E-state index contributed by atoms with van der Waals surface area (Å²) in [6.45, 7) is 8.64. The molecule has 5 atom stereocenters. The normalized spacial score (nSPS) is 43.7. The Morgan fingerprint density at radius 3 is 2.44 bits per heavy atom. The third-order valence-corrected chi connectivity index (χ3v) is 5.42. The monoisotopic (exact) mass is 252 g/mol. The van der Waals surface area contributed by atoms with Gasteiger partial charge in [-0.3, -0.25) is 4.90 Å². The lowest BCUT2D eigenvalue weighted by Gasteiger charge is -2.47. The fourth-order valence-electron chi connectivity index (χ4n) is 4.22. The maximum Gasteiger partial charge on any atom is 0.0252 e. The van der Waals surface area contributed by atoms with Crippen molar-refractivity contribution < 1.29 is 0 Å². The molecule has 18 heavy (non-hydrogen) atoms. The molecule has 0 radical (unpaired) electrons. The van der Waals surface area contributed by atoms with Gasteiger partial charge in [-0.25, -0.2) is 0 Å². The molecule has 2 heteroatoms. The van der Waals surface area contributed by atoms with Crippen LogP contribution in [0.5, 0.6) is 0 Å². The summed E-state index contributed by atoms with van der Waals surface area (Å²) in [5.41, 5.74) is 0. The number of hydrogen-bond donors (Lipinski definition) is 1. The molecule has 0 spiro atoms. The Hall–Kier alpha value is -0.0800. The highest BCUT2D eigenvalue weighted by Gasteiger charge is 2.36. The third-order valence-electron chi connectivity index (χ3n) is 5.42. The molecule has 1 saturated heterocycles. The first-order valence-electron chi connectivity index (χ1n) is 8.06. The predicted octanol–water partition coefficient (Wildman–Crippen LogP) is 3.27. The van der Waals surface area contributed by atoms with Crippen molar-refractivity contribution in [3.63, 3.8) is 0 Å². The van der Waals surface area contributed by atoms with Crippen molar-refractivity contribution >= 4 is 0 Å². The van der Waals surface area contributed by atoms with Gasteiger partial charge in [0.15, 0.2) is 0 Å². The molecule has 2 fully saturated rings. The van der Waals surface area contributed by atoms with Gasteiger partial charge < -0.3 is 5.32 Å². The van der Waals surface area contributed by atoms with Crippen LogP contribution in [0.1, 0.15) is 59.3 Å². The SMILES string of the molecule is CNC1CCCCCC1N1CC(C)CC(C)C1C. The third kappa shape index (κ3) is 3.08. The molecular weight excluding hydrogens is 220 g/mol. The maximum atomic E-state index is 3.60. The van der Waals surface area contributed by atoms with Crippen LogP contribution < -0.4 is 5.32 Å². The maximum absolute atomic E-state index is 3.60. The Balaban J connectivity index is 2.10. The van der Waals surface area contributed by atoms with Crippen LogP contribution >= 0.6 is 0 Å². The van der Waals surface area contributed by atoms with Crippen LogP contribution in [-0.2, 0) is 0 Å². The summed E-state index contributed by atoms with van der Waals surface area (Å²) in [6.07, 6.45) is 8.45. The first-order valence-corrected chi connectivity index (χ1v) is 8.06. The fraction of sp³-hybridized carbons (Fsp3) is 1.00. The number of hydrogen-bond acceptors (Lipinski definition) is 2. The summed E-state index contributed by atoms with van der Waals surface area (Å²) < 4.78 is 0. The van der Waals surface area contributed by atoms with Crippen molar-refractivity contribution in [2.75, 3.05) is 13.6 Å². The summed E-state index contributed by atoms with van der Waals surface area (Å²) in [7, 11) is 2.16. The van der Waals surface area contributed by atoms with Gasteiger partial charge in [-0.1, -0.05) is 33.1 Å². The van der Waals surface area contributed by atoms with Gasteiger partial charge in [-0.15, -0.1) is 0 Å². The number of rotatable bonds is 2. The predicted molar refractivity (Wildman–Crippen MR) is 78.8 cm³/mol. The Bertz CT molecular complexity index is 253. The van der Waals surface area contributed by atoms with Crippen molar-refractivity contribution in [3.05, 3.63) is 0 Å². The molecule has 0 aromatic rings. The minimum atomic E-state index is 0.715. The van der Waals surface area contributed by atoms with Crippen LogP contribution in [0.3, 0.4) is 0 Å². The van der Waals surface area contributed by atoms with E-state index < -0.39 is 0 Å². The first kappa shape index (κ1) is 14.3. The molecule has 0 bridgehead atoms. The van der Waals surface area contributed by atoms with E-state index in [1.165, 1.54) is 45.1 Å². The van der Waals surface area contributed by atoms with Crippen LogP contribution in [0.25, 0.3) is 0 Å². The van der Waals surface area contributed by atoms with Crippen molar-refractivity contribution in [3.8, 4) is 0 Å². The van der Waals surface area contributed by atoms with E-state index in [4.69, 9.17) is 0 Å². The number of nitrogens with one attached hydrogen (secondary N) is 1. The molecule has 1 aliphatic heterocycles. The molecule has 1 saturated carbocycles. The minimum Gasteiger partial charge on any atom is -0.315 e. The first-order chi connectivity index (χ1) is 8.63. The van der Waals surface area contributed by atoms with Crippen molar-refractivity contribution in [1.82, 2.24) is 10.2 Å². The molecule has 0 aromatic carbocycles. The lowest BCUT2D eigenvalue weighted by atomic mass is 9.83. The summed E-state index contributed by atoms with van der Waals surface area (Å²) in [5.74, 6) is 1.73. The quantitative estimate of drug-likeness (QED) is 0.759. The molecule has 2 nitrogen and oxygen atoms in total. The molecule has 2 aliphatic rings. The molecule has 1 heterocycles. The van der Waals surface area contributed by atoms with Crippen LogP contribution in [0.4, 0.5) is 0 Å². The topological polar surface area (TPSA) is 15.3 Å². The zero-order valence-electron chi connectivity index (χ0n) is 12.8. The Morgan fingerprint density at radius 2 is 1.72 bits per heavy atom. The largest absolute Gasteiger partial charge is 0.315 e. The second-order valence-electron chi connectivity index (χ2n) is 6.86. The van der Waals surface area contributed by atoms with Gasteiger partial charge in [0.25, 0.3) is 0 Å². The number of likely N-dealkylation sites (N-methyl/N-ethyl adjacent to an activating group) is 1. The van der Waals surface area contributed by atoms with E-state index in [1.807, 2.05) is 0 Å². The highest BCUT2D eigenvalue weighted by molar-refractivity contribution is 4.92. The number of likely N-dealkylation sites (tertiary alicyclic amines) is 1. The van der Waals surface area contributed by atoms with E-state index >= 15 is 0 Å².